The van der Waals surface area contributed by atoms with Gasteiger partial charge in [0, 0.05) is 13.1 Å². The summed E-state index contributed by atoms with van der Waals surface area (Å²) in [5.74, 6) is 1.08. The van der Waals surface area contributed by atoms with Crippen molar-refractivity contribution in [1.82, 2.24) is 4.90 Å². The van der Waals surface area contributed by atoms with Crippen LogP contribution in [0.25, 0.3) is 0 Å². The number of nitrogens with zero attached hydrogens (tertiary/aromatic N) is 1. The van der Waals surface area contributed by atoms with Crippen LogP contribution in [0.5, 0.6) is 0 Å². The van der Waals surface area contributed by atoms with Crippen LogP contribution in [-0.4, -0.2) is 41.3 Å². The van der Waals surface area contributed by atoms with Gasteiger partial charge in [-0.2, -0.15) is 0 Å². The standard InChI is InChI=1S/C5H10N.Al.2H/c1-5-3-6(2)4-5;;;/h5H,1,3-4H2,2H3;;;. The second-order valence-corrected chi connectivity index (χ2v) is 3.31. The second kappa shape index (κ2) is 2.17. The third kappa shape index (κ3) is 1.19. The Morgan fingerprint density at radius 3 is 2.43 bits per heavy atom. The van der Waals surface area contributed by atoms with Crippen LogP contribution in [0.15, 0.2) is 0 Å². The second-order valence-electron chi connectivity index (χ2n) is 2.50. The van der Waals surface area contributed by atoms with Gasteiger partial charge in [-0.05, 0) is 13.0 Å². The summed E-state index contributed by atoms with van der Waals surface area (Å²) in [7, 11) is 2.19. The summed E-state index contributed by atoms with van der Waals surface area (Å²) in [5, 5.41) is 1.50. The normalized spacial score (nSPS) is 24.7. The summed E-state index contributed by atoms with van der Waals surface area (Å²) < 4.78 is 0. The third-order valence-electron chi connectivity index (χ3n) is 1.72. The van der Waals surface area contributed by atoms with E-state index in [1.54, 1.807) is 0 Å². The van der Waals surface area contributed by atoms with Crippen molar-refractivity contribution in [2.45, 2.75) is 5.28 Å². The van der Waals surface area contributed by atoms with E-state index in [1.165, 1.54) is 34.7 Å². The molecule has 2 heteroatoms. The molecular formula is C5H12AlN. The molecule has 0 spiro atoms. The lowest BCUT2D eigenvalue weighted by atomic mass is 10.0. The highest BCUT2D eigenvalue weighted by Crippen LogP contribution is 2.14. The van der Waals surface area contributed by atoms with E-state index >= 15 is 0 Å². The molecule has 40 valence electrons. The number of hydrogen-bond acceptors (Lipinski definition) is 1. The van der Waals surface area contributed by atoms with Crippen molar-refractivity contribution in [3.63, 3.8) is 0 Å². The zero-order valence-corrected chi connectivity index (χ0v) is 7.15. The Bertz CT molecular complexity index is 59.1. The van der Waals surface area contributed by atoms with Crippen LogP contribution in [0, 0.1) is 5.92 Å². The quantitative estimate of drug-likeness (QED) is 0.418. The fourth-order valence-corrected chi connectivity index (χ4v) is 1.60. The molecule has 1 heterocycles. The SMILES string of the molecule is CN1CC([CH2][AlH2])C1. The molecule has 0 saturated carbocycles. The van der Waals surface area contributed by atoms with Gasteiger partial charge in [-0.15, -0.1) is 0 Å². The Labute approximate surface area is 53.1 Å². The average Bonchev–Trinajstić information content (AvgIpc) is 1.58. The van der Waals surface area contributed by atoms with Crippen molar-refractivity contribution in [3.8, 4) is 0 Å². The van der Waals surface area contributed by atoms with Crippen molar-refractivity contribution in [2.24, 2.45) is 5.92 Å². The molecule has 0 amide bonds. The van der Waals surface area contributed by atoms with Crippen LogP contribution >= 0.6 is 0 Å². The largest absolute Gasteiger partial charge is 0.306 e. The molecule has 1 aliphatic rings. The maximum absolute atomic E-state index is 2.38. The van der Waals surface area contributed by atoms with Gasteiger partial charge in [-0.1, -0.05) is 5.28 Å². The molecule has 1 rings (SSSR count). The molecule has 0 radical (unpaired) electrons. The highest BCUT2D eigenvalue weighted by molar-refractivity contribution is 6.08. The molecule has 0 aliphatic carbocycles. The van der Waals surface area contributed by atoms with Crippen molar-refractivity contribution in [1.29, 1.82) is 0 Å². The minimum Gasteiger partial charge on any atom is -0.306 e. The Hall–Kier alpha value is 0.492. The molecule has 1 nitrogen and oxygen atoms in total. The van der Waals surface area contributed by atoms with Gasteiger partial charge >= 0.3 is 0 Å². The summed E-state index contributed by atoms with van der Waals surface area (Å²) in [4.78, 5) is 2.38. The van der Waals surface area contributed by atoms with Gasteiger partial charge in [-0.25, -0.2) is 0 Å². The van der Waals surface area contributed by atoms with E-state index in [9.17, 15) is 0 Å². The smallest absolute Gasteiger partial charge is 0.212 e. The molecule has 0 aromatic carbocycles. The fourth-order valence-electron chi connectivity index (χ4n) is 1.09. The molecule has 0 aromatic heterocycles. The van der Waals surface area contributed by atoms with Gasteiger partial charge in [0.2, 0.25) is 16.3 Å². The van der Waals surface area contributed by atoms with Gasteiger partial charge in [-0.3, -0.25) is 0 Å². The van der Waals surface area contributed by atoms with Crippen molar-refractivity contribution < 1.29 is 0 Å². The first-order valence-electron chi connectivity index (χ1n) is 3.01. The lowest BCUT2D eigenvalue weighted by Crippen LogP contribution is -2.43. The zero-order chi connectivity index (χ0) is 5.28. The maximum Gasteiger partial charge on any atom is 0.212 e. The molecule has 0 atom stereocenters. The third-order valence-corrected chi connectivity index (χ3v) is 2.87. The van der Waals surface area contributed by atoms with E-state index in [0.29, 0.717) is 0 Å². The number of likely N-dealkylation sites (tertiary alicyclic amines) is 1. The maximum atomic E-state index is 2.38. The molecule has 0 unspecified atom stereocenters. The van der Waals surface area contributed by atoms with E-state index in [4.69, 9.17) is 0 Å². The van der Waals surface area contributed by atoms with Crippen LogP contribution in [0.4, 0.5) is 0 Å². The van der Waals surface area contributed by atoms with Crippen molar-refractivity contribution >= 4 is 16.3 Å². The molecular weight excluding hydrogens is 101 g/mol. The molecule has 0 aromatic rings. The Kier molecular flexibility index (Phi) is 1.75. The molecule has 1 fully saturated rings. The topological polar surface area (TPSA) is 3.24 Å². The van der Waals surface area contributed by atoms with Crippen LogP contribution in [0.1, 0.15) is 0 Å². The number of hydrogen-bond donors (Lipinski definition) is 0. The predicted molar refractivity (Wildman–Crippen MR) is 34.3 cm³/mol. The lowest BCUT2D eigenvalue weighted by Gasteiger charge is -2.35. The van der Waals surface area contributed by atoms with Crippen molar-refractivity contribution in [2.75, 3.05) is 20.1 Å². The van der Waals surface area contributed by atoms with E-state index < -0.39 is 0 Å². The summed E-state index contributed by atoms with van der Waals surface area (Å²) in [5.41, 5.74) is 0. The van der Waals surface area contributed by atoms with Gasteiger partial charge in [0.25, 0.3) is 0 Å². The molecule has 0 N–H and O–H groups in total. The Balaban J connectivity index is 2.06. The van der Waals surface area contributed by atoms with Gasteiger partial charge in [0.1, 0.15) is 0 Å². The highest BCUT2D eigenvalue weighted by Gasteiger charge is 2.19. The minimum absolute atomic E-state index is 1.08. The number of rotatable bonds is 1. The summed E-state index contributed by atoms with van der Waals surface area (Å²) >= 11 is 1.40. The lowest BCUT2D eigenvalue weighted by molar-refractivity contribution is 0.150. The first kappa shape index (κ1) is 5.63. The highest BCUT2D eigenvalue weighted by atomic mass is 27.0. The van der Waals surface area contributed by atoms with Gasteiger partial charge < -0.3 is 4.90 Å². The van der Waals surface area contributed by atoms with E-state index in [2.05, 4.69) is 11.9 Å². The first-order chi connectivity index (χ1) is 3.33. The van der Waals surface area contributed by atoms with Crippen LogP contribution in [0.3, 0.4) is 0 Å². The van der Waals surface area contributed by atoms with E-state index in [1.807, 2.05) is 0 Å². The van der Waals surface area contributed by atoms with Gasteiger partial charge in [0.05, 0.1) is 0 Å². The monoisotopic (exact) mass is 113 g/mol. The van der Waals surface area contributed by atoms with E-state index in [0.717, 1.165) is 5.92 Å². The molecule has 7 heavy (non-hydrogen) atoms. The van der Waals surface area contributed by atoms with Crippen LogP contribution in [0.2, 0.25) is 5.28 Å². The fraction of sp³-hybridized carbons (Fsp3) is 1.00. The molecule has 1 saturated heterocycles. The Morgan fingerprint density at radius 1 is 1.71 bits per heavy atom. The summed E-state index contributed by atoms with van der Waals surface area (Å²) in [6, 6.07) is 0. The van der Waals surface area contributed by atoms with Crippen LogP contribution in [-0.2, 0) is 0 Å². The first-order valence-corrected chi connectivity index (χ1v) is 4.43. The average molecular weight is 113 g/mol. The summed E-state index contributed by atoms with van der Waals surface area (Å²) in [6.45, 7) is 2.73. The van der Waals surface area contributed by atoms with E-state index in [-0.39, 0.29) is 0 Å². The minimum atomic E-state index is 1.08. The summed E-state index contributed by atoms with van der Waals surface area (Å²) in [6.07, 6.45) is 0. The Morgan fingerprint density at radius 2 is 2.29 bits per heavy atom. The molecule has 1 aliphatic heterocycles. The van der Waals surface area contributed by atoms with Crippen molar-refractivity contribution in [3.05, 3.63) is 0 Å². The zero-order valence-electron chi connectivity index (χ0n) is 5.15. The van der Waals surface area contributed by atoms with Gasteiger partial charge in [0.15, 0.2) is 0 Å². The van der Waals surface area contributed by atoms with Crippen LogP contribution < -0.4 is 0 Å². The molecule has 0 bridgehead atoms. The predicted octanol–water partition coefficient (Wildman–Crippen LogP) is -0.401.